The summed E-state index contributed by atoms with van der Waals surface area (Å²) in [6.07, 6.45) is 1.75. The van der Waals surface area contributed by atoms with Crippen molar-refractivity contribution in [2.75, 3.05) is 0 Å². The van der Waals surface area contributed by atoms with Crippen LogP contribution in [0, 0.1) is 5.92 Å². The van der Waals surface area contributed by atoms with Crippen molar-refractivity contribution in [3.63, 3.8) is 0 Å². The van der Waals surface area contributed by atoms with E-state index in [4.69, 9.17) is 9.47 Å². The lowest BCUT2D eigenvalue weighted by Crippen LogP contribution is -2.53. The van der Waals surface area contributed by atoms with Crippen molar-refractivity contribution in [2.24, 2.45) is 5.92 Å². The normalized spacial score (nSPS) is 13.1. The average Bonchev–Trinajstić information content (AvgIpc) is 3.23. The van der Waals surface area contributed by atoms with Crippen LogP contribution in [0.25, 0.3) is 10.9 Å². The van der Waals surface area contributed by atoms with Crippen molar-refractivity contribution in [1.29, 1.82) is 0 Å². The average molecular weight is 508 g/mol. The summed E-state index contributed by atoms with van der Waals surface area (Å²) in [7, 11) is 0. The van der Waals surface area contributed by atoms with Crippen LogP contribution in [-0.2, 0) is 32.1 Å². The second kappa shape index (κ2) is 12.4. The topological polar surface area (TPSA) is 110 Å². The van der Waals surface area contributed by atoms with Crippen molar-refractivity contribution < 1.29 is 23.9 Å². The van der Waals surface area contributed by atoms with E-state index in [1.54, 1.807) is 20.8 Å². The minimum absolute atomic E-state index is 0.0888. The highest BCUT2D eigenvalue weighted by Gasteiger charge is 2.30. The Kier molecular flexibility index (Phi) is 9.33. The Morgan fingerprint density at radius 2 is 1.59 bits per heavy atom. The lowest BCUT2D eigenvalue weighted by Gasteiger charge is -2.26. The lowest BCUT2D eigenvalue weighted by atomic mass is 10.0. The first kappa shape index (κ1) is 27.8. The number of carbonyl (C=O) groups is 3. The molecular formula is C29H37N3O5. The maximum atomic E-state index is 13.4. The number of fused-ring (bicyclic) bond motifs is 1. The number of para-hydroxylation sites is 1. The first-order valence-electron chi connectivity index (χ1n) is 12.6. The van der Waals surface area contributed by atoms with E-state index in [1.807, 2.05) is 74.6 Å². The van der Waals surface area contributed by atoms with E-state index in [0.717, 1.165) is 22.0 Å². The van der Waals surface area contributed by atoms with E-state index in [1.165, 1.54) is 0 Å². The molecule has 198 valence electrons. The summed E-state index contributed by atoms with van der Waals surface area (Å²) >= 11 is 0. The molecule has 3 aromatic rings. The van der Waals surface area contributed by atoms with Crippen LogP contribution < -0.4 is 10.6 Å². The lowest BCUT2D eigenvalue weighted by molar-refractivity contribution is -0.149. The number of rotatable bonds is 10. The molecule has 0 spiro atoms. The Hall–Kier alpha value is -3.81. The van der Waals surface area contributed by atoms with Gasteiger partial charge in [-0.05, 0) is 50.3 Å². The van der Waals surface area contributed by atoms with E-state index in [0.29, 0.717) is 6.42 Å². The molecule has 0 radical (unpaired) electrons. The number of hydrogen-bond donors (Lipinski definition) is 3. The number of alkyl carbamates (subject to hydrolysis) is 1. The molecule has 3 N–H and O–H groups in total. The number of benzene rings is 2. The molecular weight excluding hydrogens is 470 g/mol. The van der Waals surface area contributed by atoms with Crippen LogP contribution in [0.5, 0.6) is 0 Å². The van der Waals surface area contributed by atoms with Crippen LogP contribution in [-0.4, -0.2) is 40.6 Å². The molecule has 0 aliphatic heterocycles. The highest BCUT2D eigenvalue weighted by Crippen LogP contribution is 2.20. The van der Waals surface area contributed by atoms with Crippen molar-refractivity contribution in [1.82, 2.24) is 15.6 Å². The number of carbonyl (C=O) groups excluding carboxylic acids is 3. The second-order valence-electron chi connectivity index (χ2n) is 10.5. The van der Waals surface area contributed by atoms with Crippen molar-refractivity contribution >= 4 is 28.9 Å². The van der Waals surface area contributed by atoms with E-state index in [2.05, 4.69) is 15.6 Å². The van der Waals surface area contributed by atoms with Crippen molar-refractivity contribution in [3.8, 4) is 0 Å². The number of H-pyrrole nitrogens is 1. The third kappa shape index (κ3) is 8.66. The molecule has 0 fully saturated rings. The zero-order valence-electron chi connectivity index (χ0n) is 22.2. The van der Waals surface area contributed by atoms with Crippen LogP contribution in [0.1, 0.15) is 52.2 Å². The second-order valence-corrected chi connectivity index (χ2v) is 10.5. The van der Waals surface area contributed by atoms with Crippen LogP contribution in [0.15, 0.2) is 60.8 Å². The number of nitrogens with one attached hydrogen (secondary N) is 3. The van der Waals surface area contributed by atoms with Crippen LogP contribution in [0.3, 0.4) is 0 Å². The first-order chi connectivity index (χ1) is 17.5. The van der Waals surface area contributed by atoms with Crippen molar-refractivity contribution in [2.45, 2.75) is 71.8 Å². The number of hydrogen-bond acceptors (Lipinski definition) is 5. The molecule has 0 saturated heterocycles. The van der Waals surface area contributed by atoms with Gasteiger partial charge in [0.1, 0.15) is 24.3 Å². The van der Waals surface area contributed by atoms with Gasteiger partial charge in [0, 0.05) is 23.5 Å². The quantitative estimate of drug-likeness (QED) is 0.339. The first-order valence-corrected chi connectivity index (χ1v) is 12.6. The fraction of sp³-hybridized carbons (Fsp3) is 0.414. The maximum Gasteiger partial charge on any atom is 0.408 e. The van der Waals surface area contributed by atoms with Gasteiger partial charge in [-0.15, -0.1) is 0 Å². The van der Waals surface area contributed by atoms with E-state index in [-0.39, 0.29) is 18.9 Å². The Bertz CT molecular complexity index is 1200. The zero-order chi connectivity index (χ0) is 27.0. The van der Waals surface area contributed by atoms with Gasteiger partial charge in [-0.1, -0.05) is 62.4 Å². The molecule has 37 heavy (non-hydrogen) atoms. The molecule has 0 aliphatic carbocycles. The van der Waals surface area contributed by atoms with Crippen LogP contribution in [0.4, 0.5) is 4.79 Å². The van der Waals surface area contributed by atoms with Gasteiger partial charge in [0.15, 0.2) is 0 Å². The Morgan fingerprint density at radius 1 is 0.919 bits per heavy atom. The predicted molar refractivity (Wildman–Crippen MR) is 143 cm³/mol. The molecule has 8 nitrogen and oxygen atoms in total. The largest absolute Gasteiger partial charge is 0.459 e. The third-order valence-electron chi connectivity index (χ3n) is 5.64. The highest BCUT2D eigenvalue weighted by atomic mass is 16.6. The fourth-order valence-corrected chi connectivity index (χ4v) is 3.97. The maximum absolute atomic E-state index is 13.4. The molecule has 0 bridgehead atoms. The summed E-state index contributed by atoms with van der Waals surface area (Å²) in [6.45, 7) is 9.26. The van der Waals surface area contributed by atoms with Crippen LogP contribution in [0.2, 0.25) is 0 Å². The smallest absolute Gasteiger partial charge is 0.408 e. The van der Waals surface area contributed by atoms with Gasteiger partial charge in [0.25, 0.3) is 0 Å². The summed E-state index contributed by atoms with van der Waals surface area (Å²) in [5.41, 5.74) is 1.95. The molecule has 8 heteroatoms. The number of aromatic nitrogens is 1. The molecule has 3 rings (SSSR count). The highest BCUT2D eigenvalue weighted by molar-refractivity contribution is 5.90. The zero-order valence-corrected chi connectivity index (χ0v) is 22.2. The van der Waals surface area contributed by atoms with Gasteiger partial charge in [0.2, 0.25) is 5.91 Å². The summed E-state index contributed by atoms with van der Waals surface area (Å²) in [6, 6.07) is 15.3. The van der Waals surface area contributed by atoms with Gasteiger partial charge < -0.3 is 25.1 Å². The van der Waals surface area contributed by atoms with Gasteiger partial charge in [-0.3, -0.25) is 4.79 Å². The minimum atomic E-state index is -0.953. The summed E-state index contributed by atoms with van der Waals surface area (Å²) < 4.78 is 10.9. The molecule has 2 aromatic carbocycles. The number of amides is 2. The SMILES string of the molecule is CC(C)C[C@H](NC(=O)OC(C)(C)C)C(=O)N[C@@H](Cc1c[nH]c2ccccc12)C(=O)OCc1ccccc1. The monoisotopic (exact) mass is 507 g/mol. The van der Waals surface area contributed by atoms with Gasteiger partial charge in [-0.25, -0.2) is 9.59 Å². The molecule has 0 unspecified atom stereocenters. The Labute approximate surface area is 218 Å². The molecule has 0 saturated carbocycles. The number of ether oxygens (including phenoxy) is 2. The summed E-state index contributed by atoms with van der Waals surface area (Å²) in [5, 5.41) is 6.46. The van der Waals surface area contributed by atoms with E-state index in [9.17, 15) is 14.4 Å². The predicted octanol–water partition coefficient (Wildman–Crippen LogP) is 4.88. The van der Waals surface area contributed by atoms with Gasteiger partial charge in [-0.2, -0.15) is 0 Å². The minimum Gasteiger partial charge on any atom is -0.459 e. The number of aromatic amines is 1. The summed E-state index contributed by atoms with van der Waals surface area (Å²) in [4.78, 5) is 42.2. The van der Waals surface area contributed by atoms with E-state index < -0.39 is 35.7 Å². The standard InChI is InChI=1S/C29H37N3O5/c1-19(2)15-24(32-28(35)37-29(3,4)5)26(33)31-25(27(34)36-18-20-11-7-6-8-12-20)16-21-17-30-23-14-10-9-13-22(21)23/h6-14,17,19,24-25,30H,15-16,18H2,1-5H3,(H,31,33)(H,32,35)/t24-,25-/m0/s1. The summed E-state index contributed by atoms with van der Waals surface area (Å²) in [5.74, 6) is -0.910. The molecule has 2 amide bonds. The van der Waals surface area contributed by atoms with Crippen LogP contribution >= 0.6 is 0 Å². The molecule has 1 heterocycles. The van der Waals surface area contributed by atoms with Crippen molar-refractivity contribution in [3.05, 3.63) is 71.9 Å². The molecule has 0 aliphatic rings. The fourth-order valence-electron chi connectivity index (χ4n) is 3.97. The third-order valence-corrected chi connectivity index (χ3v) is 5.64. The van der Waals surface area contributed by atoms with Gasteiger partial charge >= 0.3 is 12.1 Å². The van der Waals surface area contributed by atoms with Gasteiger partial charge in [0.05, 0.1) is 0 Å². The molecule has 2 atom stereocenters. The Balaban J connectivity index is 1.79. The molecule has 1 aromatic heterocycles. The van der Waals surface area contributed by atoms with E-state index >= 15 is 0 Å². The Morgan fingerprint density at radius 3 is 2.27 bits per heavy atom. The number of esters is 1.